The molecule has 0 N–H and O–H groups in total. The summed E-state index contributed by atoms with van der Waals surface area (Å²) in [5, 5.41) is 15.2. The number of aromatic nitrogens is 4. The van der Waals surface area contributed by atoms with Gasteiger partial charge < -0.3 is 18.3 Å². The maximum absolute atomic E-state index is 2.88. The highest BCUT2D eigenvalue weighted by molar-refractivity contribution is 7.20. The van der Waals surface area contributed by atoms with E-state index in [-0.39, 0.29) is 0 Å². The van der Waals surface area contributed by atoms with Gasteiger partial charge in [0.25, 0.3) is 0 Å². The van der Waals surface area contributed by atoms with Crippen molar-refractivity contribution in [2.24, 2.45) is 0 Å². The summed E-state index contributed by atoms with van der Waals surface area (Å²) < 4.78 is 10.00. The molecular weight excluding hydrogens is 949 g/mol. The van der Waals surface area contributed by atoms with Gasteiger partial charge in [0.2, 0.25) is 0 Å². The molecule has 4 aromatic heterocycles. The van der Waals surface area contributed by atoms with E-state index in [4.69, 9.17) is 0 Å². The summed E-state index contributed by atoms with van der Waals surface area (Å²) in [4.78, 5) is 0. The van der Waals surface area contributed by atoms with E-state index < -0.39 is 8.07 Å². The van der Waals surface area contributed by atoms with Crippen LogP contribution in [0.25, 0.3) is 110 Å². The first-order valence-electron chi connectivity index (χ1n) is 26.6. The molecule has 4 heterocycles. The second kappa shape index (κ2) is 17.0. The normalized spacial score (nSPS) is 12.2. The molecule has 12 aromatic carbocycles. The van der Waals surface area contributed by atoms with Crippen molar-refractivity contribution >= 4 is 116 Å². The van der Waals surface area contributed by atoms with E-state index >= 15 is 0 Å². The first-order chi connectivity index (χ1) is 38.2. The number of rotatable bonds is 8. The van der Waals surface area contributed by atoms with Crippen molar-refractivity contribution in [3.8, 4) is 22.7 Å². The molecule has 0 amide bonds. The Bertz CT molecular complexity index is 4770. The average molecular weight is 997 g/mol. The predicted molar refractivity (Wildman–Crippen MR) is 327 cm³/mol. The standard InChI is InChI=1S/C72H48N4Si/c1-5-23-49(24-6-1)73-69-43-41-50(45-61(69)62-48-55(42-44-70(62)73)77(52-25-7-2-8-26-52,53-27-9-3-10-28-53)54-29-11-4-12-30-54)75-66-38-20-17-35-60(66)63-46-51(74-64-36-18-13-31-56(64)57-32-14-19-37-65(57)74)47-71(72(63)75)76-67-39-21-15-33-58(67)59-34-16-22-40-68(59)76/h1-48H. The first-order valence-corrected chi connectivity index (χ1v) is 28.6. The zero-order valence-corrected chi connectivity index (χ0v) is 43.0. The fourth-order valence-electron chi connectivity index (χ4n) is 13.3. The van der Waals surface area contributed by atoms with Gasteiger partial charge >= 0.3 is 0 Å². The van der Waals surface area contributed by atoms with Crippen LogP contribution in [0.1, 0.15) is 0 Å². The lowest BCUT2D eigenvalue weighted by molar-refractivity contribution is 1.11. The number of benzene rings is 12. The molecule has 4 nitrogen and oxygen atoms in total. The van der Waals surface area contributed by atoms with Crippen LogP contribution in [0.3, 0.4) is 0 Å². The van der Waals surface area contributed by atoms with Crippen molar-refractivity contribution < 1.29 is 0 Å². The lowest BCUT2D eigenvalue weighted by Gasteiger charge is -2.34. The number of fused-ring (bicyclic) bond motifs is 12. The van der Waals surface area contributed by atoms with Gasteiger partial charge in [0, 0.05) is 60.2 Å². The number of hydrogen-bond acceptors (Lipinski definition) is 0. The van der Waals surface area contributed by atoms with Crippen molar-refractivity contribution in [3.05, 3.63) is 291 Å². The highest BCUT2D eigenvalue weighted by Gasteiger charge is 2.41. The monoisotopic (exact) mass is 996 g/mol. The molecular formula is C72H48N4Si. The van der Waals surface area contributed by atoms with Crippen LogP contribution in [-0.4, -0.2) is 26.3 Å². The molecule has 16 aromatic rings. The highest BCUT2D eigenvalue weighted by Crippen LogP contribution is 2.44. The SMILES string of the molecule is c1ccc(-n2c3ccc(-n4c5ccccc5c5cc(-n6c7ccccc7c7ccccc76)cc(-n6c7ccccc7c7ccccc76)c54)cc3c3cc([Si](c4ccccc4)(c4ccccc4)c4ccccc4)ccc32)cc1. The van der Waals surface area contributed by atoms with Crippen LogP contribution in [0.15, 0.2) is 291 Å². The van der Waals surface area contributed by atoms with Crippen LogP contribution in [0.4, 0.5) is 0 Å². The predicted octanol–water partition coefficient (Wildman–Crippen LogP) is 15.5. The Morgan fingerprint density at radius 3 is 1.04 bits per heavy atom. The summed E-state index contributed by atoms with van der Waals surface area (Å²) in [5.74, 6) is 0. The zero-order valence-electron chi connectivity index (χ0n) is 42.0. The Kier molecular flexibility index (Phi) is 9.62. The first kappa shape index (κ1) is 43.5. The van der Waals surface area contributed by atoms with Crippen molar-refractivity contribution in [1.29, 1.82) is 0 Å². The fraction of sp³-hybridized carbons (Fsp3) is 0. The molecule has 0 fully saturated rings. The molecule has 0 saturated heterocycles. The minimum Gasteiger partial charge on any atom is -0.309 e. The van der Waals surface area contributed by atoms with Gasteiger partial charge in [-0.15, -0.1) is 0 Å². The third-order valence-electron chi connectivity index (χ3n) is 16.5. The molecule has 0 unspecified atom stereocenters. The summed E-state index contributed by atoms with van der Waals surface area (Å²) in [6.07, 6.45) is 0. The van der Waals surface area contributed by atoms with Gasteiger partial charge in [-0.3, -0.25) is 0 Å². The van der Waals surface area contributed by atoms with Crippen molar-refractivity contribution in [3.63, 3.8) is 0 Å². The molecule has 0 spiro atoms. The molecule has 0 aliphatic heterocycles. The van der Waals surface area contributed by atoms with Crippen molar-refractivity contribution in [1.82, 2.24) is 18.3 Å². The van der Waals surface area contributed by atoms with Gasteiger partial charge in [0.05, 0.1) is 49.8 Å². The molecule has 5 heteroatoms. The molecule has 0 atom stereocenters. The number of nitrogens with zero attached hydrogens (tertiary/aromatic N) is 4. The van der Waals surface area contributed by atoms with E-state index in [1.165, 1.54) is 91.4 Å². The van der Waals surface area contributed by atoms with Crippen LogP contribution < -0.4 is 20.7 Å². The maximum atomic E-state index is 2.55. The summed E-state index contributed by atoms with van der Waals surface area (Å²) in [6, 6.07) is 109. The van der Waals surface area contributed by atoms with Gasteiger partial charge in [-0.2, -0.15) is 0 Å². The molecule has 0 bridgehead atoms. The van der Waals surface area contributed by atoms with Crippen LogP contribution in [0.5, 0.6) is 0 Å². The van der Waals surface area contributed by atoms with Crippen LogP contribution in [0, 0.1) is 0 Å². The van der Waals surface area contributed by atoms with E-state index in [1.807, 2.05) is 0 Å². The Morgan fingerprint density at radius 2 is 0.545 bits per heavy atom. The second-order valence-electron chi connectivity index (χ2n) is 20.4. The van der Waals surface area contributed by atoms with E-state index in [1.54, 1.807) is 0 Å². The summed E-state index contributed by atoms with van der Waals surface area (Å²) >= 11 is 0. The Labute approximate surface area is 445 Å². The minimum absolute atomic E-state index is 1.10. The fourth-order valence-corrected chi connectivity index (χ4v) is 18.1. The summed E-state index contributed by atoms with van der Waals surface area (Å²) in [7, 11) is -2.88. The molecule has 0 aliphatic carbocycles. The zero-order chi connectivity index (χ0) is 50.6. The summed E-state index contributed by atoms with van der Waals surface area (Å²) in [6.45, 7) is 0. The minimum atomic E-state index is -2.88. The molecule has 16 rings (SSSR count). The van der Waals surface area contributed by atoms with E-state index in [9.17, 15) is 0 Å². The van der Waals surface area contributed by atoms with Crippen LogP contribution in [-0.2, 0) is 0 Å². The van der Waals surface area contributed by atoms with E-state index in [0.717, 1.165) is 39.3 Å². The van der Waals surface area contributed by atoms with Gasteiger partial charge in [-0.1, -0.05) is 212 Å². The topological polar surface area (TPSA) is 19.7 Å². The Hall–Kier alpha value is -9.94. The highest BCUT2D eigenvalue weighted by atomic mass is 28.3. The smallest absolute Gasteiger partial charge is 0.179 e. The summed E-state index contributed by atoms with van der Waals surface area (Å²) in [5.41, 5.74) is 13.8. The number of hydrogen-bond donors (Lipinski definition) is 0. The third kappa shape index (κ3) is 6.32. The average Bonchev–Trinajstić information content (AvgIpc) is 4.42. The van der Waals surface area contributed by atoms with Gasteiger partial charge in [-0.05, 0) is 99.6 Å². The third-order valence-corrected chi connectivity index (χ3v) is 21.2. The molecule has 360 valence electrons. The van der Waals surface area contributed by atoms with E-state index in [0.29, 0.717) is 0 Å². The van der Waals surface area contributed by atoms with Gasteiger partial charge in [0.15, 0.2) is 8.07 Å². The molecule has 0 radical (unpaired) electrons. The van der Waals surface area contributed by atoms with Crippen molar-refractivity contribution in [2.45, 2.75) is 0 Å². The number of para-hydroxylation sites is 6. The quantitative estimate of drug-likeness (QED) is 0.107. The van der Waals surface area contributed by atoms with Gasteiger partial charge in [0.1, 0.15) is 0 Å². The molecule has 77 heavy (non-hydrogen) atoms. The molecule has 0 saturated carbocycles. The Morgan fingerprint density at radius 1 is 0.195 bits per heavy atom. The van der Waals surface area contributed by atoms with E-state index in [2.05, 4.69) is 309 Å². The maximum Gasteiger partial charge on any atom is 0.179 e. The van der Waals surface area contributed by atoms with Crippen LogP contribution >= 0.6 is 0 Å². The lowest BCUT2D eigenvalue weighted by Crippen LogP contribution is -2.74. The second-order valence-corrected chi connectivity index (χ2v) is 24.2. The van der Waals surface area contributed by atoms with Crippen molar-refractivity contribution in [2.75, 3.05) is 0 Å². The largest absolute Gasteiger partial charge is 0.309 e. The van der Waals surface area contributed by atoms with Gasteiger partial charge in [-0.25, -0.2) is 0 Å². The Balaban J connectivity index is 1.04. The molecule has 0 aliphatic rings. The van der Waals surface area contributed by atoms with Crippen LogP contribution in [0.2, 0.25) is 0 Å². The lowest BCUT2D eigenvalue weighted by atomic mass is 10.1.